The molecule has 6 heteroatoms. The summed E-state index contributed by atoms with van der Waals surface area (Å²) in [5.74, 6) is 1.07. The molecule has 0 aliphatic carbocycles. The first kappa shape index (κ1) is 19.9. The third-order valence-corrected chi connectivity index (χ3v) is 6.16. The van der Waals surface area contributed by atoms with Gasteiger partial charge in [0.25, 0.3) is 0 Å². The van der Waals surface area contributed by atoms with Crippen molar-refractivity contribution in [1.82, 2.24) is 19.7 Å². The van der Waals surface area contributed by atoms with Gasteiger partial charge in [-0.15, -0.1) is 10.2 Å². The Labute approximate surface area is 166 Å². The molecule has 27 heavy (non-hydrogen) atoms. The molecule has 1 unspecified atom stereocenters. The van der Waals surface area contributed by atoms with Crippen LogP contribution in [0.5, 0.6) is 0 Å². The van der Waals surface area contributed by atoms with Gasteiger partial charge in [0.15, 0.2) is 11.0 Å². The van der Waals surface area contributed by atoms with E-state index in [1.54, 1.807) is 0 Å². The van der Waals surface area contributed by atoms with Crippen molar-refractivity contribution in [2.45, 2.75) is 69.8 Å². The minimum atomic E-state index is -0.145. The average Bonchev–Trinajstić information content (AvgIpc) is 3.30. The number of benzene rings is 1. The zero-order chi connectivity index (χ0) is 19.6. The zero-order valence-corrected chi connectivity index (χ0v) is 17.8. The minimum absolute atomic E-state index is 0.128. The van der Waals surface area contributed by atoms with E-state index in [1.807, 2.05) is 11.8 Å². The first-order valence-corrected chi connectivity index (χ1v) is 10.7. The van der Waals surface area contributed by atoms with Crippen LogP contribution in [-0.4, -0.2) is 43.9 Å². The number of hydrogen-bond acceptors (Lipinski definition) is 4. The molecule has 2 heterocycles. The van der Waals surface area contributed by atoms with Gasteiger partial charge in [-0.05, 0) is 37.7 Å². The van der Waals surface area contributed by atoms with Crippen molar-refractivity contribution in [2.24, 2.45) is 0 Å². The average molecular weight is 387 g/mol. The molecule has 1 saturated heterocycles. The highest BCUT2D eigenvalue weighted by molar-refractivity contribution is 8.00. The highest BCUT2D eigenvalue weighted by atomic mass is 32.2. The van der Waals surface area contributed by atoms with Crippen LogP contribution in [0.1, 0.15) is 53.0 Å². The Bertz CT molecular complexity index is 786. The van der Waals surface area contributed by atoms with Gasteiger partial charge in [-0.2, -0.15) is 0 Å². The summed E-state index contributed by atoms with van der Waals surface area (Å²) in [4.78, 5) is 14.6. The van der Waals surface area contributed by atoms with Crippen LogP contribution in [0.2, 0.25) is 0 Å². The van der Waals surface area contributed by atoms with Crippen molar-refractivity contribution in [1.29, 1.82) is 0 Å². The van der Waals surface area contributed by atoms with Crippen LogP contribution in [0.3, 0.4) is 0 Å². The zero-order valence-electron chi connectivity index (χ0n) is 17.0. The molecule has 146 valence electrons. The summed E-state index contributed by atoms with van der Waals surface area (Å²) >= 11 is 1.51. The summed E-state index contributed by atoms with van der Waals surface area (Å²) in [5.41, 5.74) is 2.49. The molecule has 1 aromatic heterocycles. The van der Waals surface area contributed by atoms with E-state index in [4.69, 9.17) is 0 Å². The summed E-state index contributed by atoms with van der Waals surface area (Å²) in [6, 6.07) is 8.56. The SMILES string of the molecule is CCn1c(SC(C)C(=O)N2CCCC2)nnc1-c1ccc(C(C)(C)C)cc1. The molecule has 0 saturated carbocycles. The third kappa shape index (κ3) is 4.37. The van der Waals surface area contributed by atoms with E-state index in [0.717, 1.165) is 49.0 Å². The quantitative estimate of drug-likeness (QED) is 0.716. The van der Waals surface area contributed by atoms with E-state index in [1.165, 1.54) is 17.3 Å². The molecule has 0 spiro atoms. The van der Waals surface area contributed by atoms with E-state index in [0.29, 0.717) is 0 Å². The molecule has 0 bridgehead atoms. The van der Waals surface area contributed by atoms with Gasteiger partial charge in [-0.3, -0.25) is 4.79 Å². The van der Waals surface area contributed by atoms with Crippen molar-refractivity contribution in [3.8, 4) is 11.4 Å². The number of nitrogens with zero attached hydrogens (tertiary/aromatic N) is 4. The first-order chi connectivity index (χ1) is 12.8. The molecule has 1 aliphatic rings. The maximum absolute atomic E-state index is 12.6. The van der Waals surface area contributed by atoms with E-state index < -0.39 is 0 Å². The predicted molar refractivity (Wildman–Crippen MR) is 111 cm³/mol. The molecule has 1 fully saturated rings. The first-order valence-electron chi connectivity index (χ1n) is 9.81. The maximum atomic E-state index is 12.6. The third-order valence-electron chi connectivity index (χ3n) is 5.09. The van der Waals surface area contributed by atoms with E-state index in [9.17, 15) is 4.79 Å². The lowest BCUT2D eigenvalue weighted by Gasteiger charge is -2.20. The fourth-order valence-electron chi connectivity index (χ4n) is 3.40. The Balaban J connectivity index is 1.79. The number of likely N-dealkylation sites (tertiary alicyclic amines) is 1. The molecule has 1 aromatic carbocycles. The molecule has 2 aromatic rings. The Kier molecular flexibility index (Phi) is 5.94. The molecule has 1 amide bonds. The van der Waals surface area contributed by atoms with Gasteiger partial charge in [-0.1, -0.05) is 56.8 Å². The smallest absolute Gasteiger partial charge is 0.235 e. The Hall–Kier alpha value is -1.82. The number of amides is 1. The summed E-state index contributed by atoms with van der Waals surface area (Å²) in [6.45, 7) is 13.2. The standard InChI is InChI=1S/C21H30N4OS/c1-6-25-18(16-9-11-17(12-10-16)21(3,4)5)22-23-20(25)27-15(2)19(26)24-13-7-8-14-24/h9-12,15H,6-8,13-14H2,1-5H3. The number of aromatic nitrogens is 3. The fourth-order valence-corrected chi connectivity index (χ4v) is 4.39. The monoisotopic (exact) mass is 386 g/mol. The molecule has 5 nitrogen and oxygen atoms in total. The second kappa shape index (κ2) is 8.05. The Morgan fingerprint density at radius 1 is 1.15 bits per heavy atom. The highest BCUT2D eigenvalue weighted by Crippen LogP contribution is 2.30. The number of hydrogen-bond donors (Lipinski definition) is 0. The maximum Gasteiger partial charge on any atom is 0.235 e. The molecule has 1 atom stereocenters. The number of thioether (sulfide) groups is 1. The van der Waals surface area contributed by atoms with Gasteiger partial charge in [0.05, 0.1) is 5.25 Å². The molecular weight excluding hydrogens is 356 g/mol. The van der Waals surface area contributed by atoms with Crippen LogP contribution < -0.4 is 0 Å². The summed E-state index contributed by atoms with van der Waals surface area (Å²) < 4.78 is 2.10. The normalized spacial score (nSPS) is 16.0. The minimum Gasteiger partial charge on any atom is -0.342 e. The molecule has 3 rings (SSSR count). The van der Waals surface area contributed by atoms with Crippen LogP contribution >= 0.6 is 11.8 Å². The van der Waals surface area contributed by atoms with Crippen molar-refractivity contribution in [3.05, 3.63) is 29.8 Å². The topological polar surface area (TPSA) is 51.0 Å². The molecule has 1 aliphatic heterocycles. The summed E-state index contributed by atoms with van der Waals surface area (Å²) in [5, 5.41) is 9.48. The highest BCUT2D eigenvalue weighted by Gasteiger charge is 2.26. The fraction of sp³-hybridized carbons (Fsp3) is 0.571. The van der Waals surface area contributed by atoms with Crippen molar-refractivity contribution in [3.63, 3.8) is 0 Å². The number of carbonyl (C=O) groups is 1. The summed E-state index contributed by atoms with van der Waals surface area (Å²) in [6.07, 6.45) is 2.23. The van der Waals surface area contributed by atoms with Crippen molar-refractivity contribution in [2.75, 3.05) is 13.1 Å². The second-order valence-corrected chi connectivity index (χ2v) is 9.48. The predicted octanol–water partition coefficient (Wildman–Crippen LogP) is 4.37. The summed E-state index contributed by atoms with van der Waals surface area (Å²) in [7, 11) is 0. The lowest BCUT2D eigenvalue weighted by Crippen LogP contribution is -2.34. The lowest BCUT2D eigenvalue weighted by molar-refractivity contribution is -0.129. The van der Waals surface area contributed by atoms with Gasteiger partial charge in [0.1, 0.15) is 0 Å². The number of rotatable bonds is 5. The molecule has 0 N–H and O–H groups in total. The van der Waals surface area contributed by atoms with Crippen LogP contribution in [0, 0.1) is 0 Å². The van der Waals surface area contributed by atoms with Gasteiger partial charge in [0.2, 0.25) is 5.91 Å². The Morgan fingerprint density at radius 3 is 2.33 bits per heavy atom. The van der Waals surface area contributed by atoms with Crippen LogP contribution in [0.4, 0.5) is 0 Å². The molecular formula is C21H30N4OS. The number of carbonyl (C=O) groups excluding carboxylic acids is 1. The Morgan fingerprint density at radius 2 is 1.78 bits per heavy atom. The second-order valence-electron chi connectivity index (χ2n) is 8.17. The van der Waals surface area contributed by atoms with Crippen molar-refractivity contribution < 1.29 is 4.79 Å². The van der Waals surface area contributed by atoms with Crippen LogP contribution in [0.25, 0.3) is 11.4 Å². The largest absolute Gasteiger partial charge is 0.342 e. The van der Waals surface area contributed by atoms with Gasteiger partial charge >= 0.3 is 0 Å². The van der Waals surface area contributed by atoms with E-state index in [-0.39, 0.29) is 16.6 Å². The van der Waals surface area contributed by atoms with Crippen LogP contribution in [0.15, 0.2) is 29.4 Å². The van der Waals surface area contributed by atoms with Gasteiger partial charge in [-0.25, -0.2) is 0 Å². The van der Waals surface area contributed by atoms with E-state index >= 15 is 0 Å². The van der Waals surface area contributed by atoms with Gasteiger partial charge in [0, 0.05) is 25.2 Å². The van der Waals surface area contributed by atoms with Crippen LogP contribution in [-0.2, 0) is 16.8 Å². The van der Waals surface area contributed by atoms with Gasteiger partial charge < -0.3 is 9.47 Å². The molecule has 0 radical (unpaired) electrons. The van der Waals surface area contributed by atoms with Crippen molar-refractivity contribution >= 4 is 17.7 Å². The van der Waals surface area contributed by atoms with E-state index in [2.05, 4.69) is 66.7 Å². The lowest BCUT2D eigenvalue weighted by atomic mass is 9.87.